The summed E-state index contributed by atoms with van der Waals surface area (Å²) in [4.78, 5) is 51.3. The van der Waals surface area contributed by atoms with E-state index in [1.165, 1.54) is 39.0 Å². The third kappa shape index (κ3) is 6.70. The van der Waals surface area contributed by atoms with Crippen molar-refractivity contribution in [3.8, 4) is 5.75 Å². The molecule has 1 aromatic heterocycles. The maximum Gasteiger partial charge on any atom is 0.254 e. The van der Waals surface area contributed by atoms with Crippen LogP contribution in [-0.2, 0) is 0 Å². The topological polar surface area (TPSA) is 155 Å². The van der Waals surface area contributed by atoms with Crippen molar-refractivity contribution >= 4 is 40.9 Å². The monoisotopic (exact) mass is 612 g/mol. The van der Waals surface area contributed by atoms with E-state index in [1.54, 1.807) is 42.5 Å². The average Bonchev–Trinajstić information content (AvgIpc) is 3.63. The highest BCUT2D eigenvalue weighted by atomic mass is 16.5. The normalized spacial score (nSPS) is 19.7. The smallest absolute Gasteiger partial charge is 0.254 e. The SMILES string of the molecule is COc1cc(C(=O)N2CC3CCC(C2)N3C)ccc1Nc1nc(Nc2ccc(C(=O)NCC3CCCC3)cc2)ncc1C(N)=O. The van der Waals surface area contributed by atoms with Crippen LogP contribution < -0.4 is 26.4 Å². The fourth-order valence-corrected chi connectivity index (χ4v) is 6.62. The van der Waals surface area contributed by atoms with Gasteiger partial charge in [-0.05, 0) is 81.1 Å². The third-order valence-corrected chi connectivity index (χ3v) is 9.32. The van der Waals surface area contributed by atoms with Crippen molar-refractivity contribution in [2.24, 2.45) is 11.7 Å². The van der Waals surface area contributed by atoms with E-state index >= 15 is 0 Å². The van der Waals surface area contributed by atoms with Gasteiger partial charge in [-0.3, -0.25) is 19.3 Å². The number of anilines is 4. The van der Waals surface area contributed by atoms with Gasteiger partial charge in [-0.15, -0.1) is 0 Å². The summed E-state index contributed by atoms with van der Waals surface area (Å²) < 4.78 is 5.62. The van der Waals surface area contributed by atoms with Gasteiger partial charge in [-0.25, -0.2) is 4.98 Å². The molecule has 12 nitrogen and oxygen atoms in total. The minimum absolute atomic E-state index is 0.0338. The molecule has 2 atom stereocenters. The second kappa shape index (κ2) is 13.1. The van der Waals surface area contributed by atoms with Crippen molar-refractivity contribution in [3.05, 3.63) is 65.4 Å². The molecule has 1 saturated carbocycles. The predicted molar refractivity (Wildman–Crippen MR) is 171 cm³/mol. The van der Waals surface area contributed by atoms with Crippen molar-refractivity contribution < 1.29 is 19.1 Å². The number of primary amides is 1. The van der Waals surface area contributed by atoms with Crippen LogP contribution in [0.1, 0.15) is 69.6 Å². The average molecular weight is 613 g/mol. The number of amides is 3. The lowest BCUT2D eigenvalue weighted by Crippen LogP contribution is -2.53. The Kier molecular flexibility index (Phi) is 8.83. The zero-order valence-corrected chi connectivity index (χ0v) is 25.7. The van der Waals surface area contributed by atoms with Crippen LogP contribution in [0.5, 0.6) is 5.75 Å². The van der Waals surface area contributed by atoms with Crippen LogP contribution in [0.4, 0.5) is 23.1 Å². The Morgan fingerprint density at radius 2 is 1.64 bits per heavy atom. The third-order valence-electron chi connectivity index (χ3n) is 9.32. The Hall–Kier alpha value is -4.71. The lowest BCUT2D eigenvalue weighted by molar-refractivity contribution is 0.0523. The maximum absolute atomic E-state index is 13.4. The number of nitrogens with zero attached hydrogens (tertiary/aromatic N) is 4. The zero-order valence-electron chi connectivity index (χ0n) is 25.7. The molecular formula is C33H40N8O4. The second-order valence-electron chi connectivity index (χ2n) is 12.2. The summed E-state index contributed by atoms with van der Waals surface area (Å²) in [6, 6.07) is 13.0. The molecule has 12 heteroatoms. The van der Waals surface area contributed by atoms with Gasteiger partial charge in [0.2, 0.25) is 5.95 Å². The van der Waals surface area contributed by atoms with Gasteiger partial charge in [0.25, 0.3) is 17.7 Å². The number of rotatable bonds is 10. The number of methoxy groups -OCH3 is 1. The minimum atomic E-state index is -0.701. The standard InChI is InChI=1S/C33H40N8O4/c1-40-24-12-13-25(40)19-41(18-24)32(44)22-9-14-27(28(15-22)45-2)38-30-26(29(34)42)17-36-33(39-30)37-23-10-7-21(8-11-23)31(43)35-16-20-5-3-4-6-20/h7-11,14-15,17,20,24-25H,3-6,12-13,16,18-19H2,1-2H3,(H2,34,42)(H,35,43)(H2,36,37,38,39). The fourth-order valence-electron chi connectivity index (χ4n) is 6.62. The van der Waals surface area contributed by atoms with Gasteiger partial charge in [0.1, 0.15) is 17.1 Å². The first-order valence-electron chi connectivity index (χ1n) is 15.6. The summed E-state index contributed by atoms with van der Waals surface area (Å²) >= 11 is 0. The first kappa shape index (κ1) is 30.3. The van der Waals surface area contributed by atoms with E-state index in [4.69, 9.17) is 10.5 Å². The highest BCUT2D eigenvalue weighted by Gasteiger charge is 2.39. The lowest BCUT2D eigenvalue weighted by Gasteiger charge is -2.39. The quantitative estimate of drug-likeness (QED) is 0.267. The first-order chi connectivity index (χ1) is 21.8. The zero-order chi connectivity index (χ0) is 31.5. The van der Waals surface area contributed by atoms with Crippen molar-refractivity contribution in [2.45, 2.75) is 50.6 Å². The number of piperazine rings is 1. The van der Waals surface area contributed by atoms with Crippen LogP contribution in [0.2, 0.25) is 0 Å². The van der Waals surface area contributed by atoms with Crippen LogP contribution in [-0.4, -0.2) is 83.4 Å². The summed E-state index contributed by atoms with van der Waals surface area (Å²) in [7, 11) is 3.66. The Balaban J connectivity index is 1.14. The van der Waals surface area contributed by atoms with E-state index in [-0.39, 0.29) is 29.1 Å². The number of hydrogen-bond acceptors (Lipinski definition) is 9. The molecule has 0 radical (unpaired) electrons. The molecule has 3 fully saturated rings. The molecule has 236 valence electrons. The van der Waals surface area contributed by atoms with Gasteiger partial charge in [-0.1, -0.05) is 12.8 Å². The van der Waals surface area contributed by atoms with Crippen LogP contribution >= 0.6 is 0 Å². The molecule has 0 spiro atoms. The Morgan fingerprint density at radius 3 is 2.31 bits per heavy atom. The molecule has 45 heavy (non-hydrogen) atoms. The van der Waals surface area contributed by atoms with Crippen molar-refractivity contribution in [2.75, 3.05) is 44.4 Å². The molecule has 6 rings (SSSR count). The number of aromatic nitrogens is 2. The van der Waals surface area contributed by atoms with Gasteiger partial charge in [0.15, 0.2) is 0 Å². The first-order valence-corrected chi connectivity index (χ1v) is 15.6. The number of carbonyl (C=O) groups is 3. The number of likely N-dealkylation sites (tertiary alicyclic amines) is 1. The van der Waals surface area contributed by atoms with Crippen LogP contribution in [0.3, 0.4) is 0 Å². The van der Waals surface area contributed by atoms with Gasteiger partial charge >= 0.3 is 0 Å². The van der Waals surface area contributed by atoms with Gasteiger partial charge in [0, 0.05) is 54.7 Å². The van der Waals surface area contributed by atoms with Crippen LogP contribution in [0.25, 0.3) is 0 Å². The van der Waals surface area contributed by atoms with Gasteiger partial charge in [-0.2, -0.15) is 4.98 Å². The van der Waals surface area contributed by atoms with Crippen LogP contribution in [0.15, 0.2) is 48.7 Å². The summed E-state index contributed by atoms with van der Waals surface area (Å²) in [5, 5.41) is 9.28. The van der Waals surface area contributed by atoms with E-state index in [0.717, 1.165) is 12.8 Å². The van der Waals surface area contributed by atoms with Gasteiger partial charge < -0.3 is 31.3 Å². The largest absolute Gasteiger partial charge is 0.495 e. The molecule has 2 aliphatic heterocycles. The fraction of sp³-hybridized carbons (Fsp3) is 0.424. The number of nitrogens with two attached hydrogens (primary N) is 1. The summed E-state index contributed by atoms with van der Waals surface area (Å²) in [5.74, 6) is 0.548. The lowest BCUT2D eigenvalue weighted by atomic mass is 10.1. The Morgan fingerprint density at radius 1 is 0.956 bits per heavy atom. The molecule has 2 bridgehead atoms. The summed E-state index contributed by atoms with van der Waals surface area (Å²) in [6.07, 6.45) is 8.37. The van der Waals surface area contributed by atoms with Crippen molar-refractivity contribution in [3.63, 3.8) is 0 Å². The molecule has 3 heterocycles. The minimum Gasteiger partial charge on any atom is -0.495 e. The number of likely N-dealkylation sites (N-methyl/N-ethyl adjacent to an activating group) is 1. The number of fused-ring (bicyclic) bond motifs is 2. The molecule has 5 N–H and O–H groups in total. The highest BCUT2D eigenvalue weighted by Crippen LogP contribution is 2.33. The van der Waals surface area contributed by atoms with E-state index in [9.17, 15) is 14.4 Å². The van der Waals surface area contributed by atoms with Crippen molar-refractivity contribution in [1.29, 1.82) is 0 Å². The molecule has 3 amide bonds. The number of carbonyl (C=O) groups excluding carboxylic acids is 3. The second-order valence-corrected chi connectivity index (χ2v) is 12.2. The molecular weight excluding hydrogens is 572 g/mol. The number of hydrogen-bond donors (Lipinski definition) is 4. The molecule has 3 aliphatic rings. The number of benzene rings is 2. The van der Waals surface area contributed by atoms with Crippen molar-refractivity contribution in [1.82, 2.24) is 25.1 Å². The molecule has 2 saturated heterocycles. The Labute approximate surface area is 262 Å². The predicted octanol–water partition coefficient (Wildman–Crippen LogP) is 3.91. The number of nitrogens with one attached hydrogen (secondary N) is 3. The van der Waals surface area contributed by atoms with Crippen LogP contribution in [0, 0.1) is 5.92 Å². The maximum atomic E-state index is 13.4. The highest BCUT2D eigenvalue weighted by molar-refractivity contribution is 5.99. The Bertz CT molecular complexity index is 1560. The summed E-state index contributed by atoms with van der Waals surface area (Å²) in [6.45, 7) is 2.13. The van der Waals surface area contributed by atoms with E-state index in [2.05, 4.69) is 37.9 Å². The van der Waals surface area contributed by atoms with E-state index in [1.807, 2.05) is 4.90 Å². The van der Waals surface area contributed by atoms with E-state index in [0.29, 0.717) is 65.9 Å². The molecule has 2 unspecified atom stereocenters. The van der Waals surface area contributed by atoms with E-state index < -0.39 is 5.91 Å². The molecule has 3 aromatic rings. The molecule has 1 aliphatic carbocycles. The molecule has 2 aromatic carbocycles. The number of ether oxygens (including phenoxy) is 1. The van der Waals surface area contributed by atoms with Gasteiger partial charge in [0.05, 0.1) is 12.8 Å². The summed E-state index contributed by atoms with van der Waals surface area (Å²) in [5.41, 5.74) is 7.99.